The van der Waals surface area contributed by atoms with Gasteiger partial charge in [0.15, 0.2) is 0 Å². The van der Waals surface area contributed by atoms with Gasteiger partial charge in [-0.25, -0.2) is 4.79 Å². The minimum Gasteiger partial charge on any atom is -0.463 e. The molecule has 0 saturated heterocycles. The van der Waals surface area contributed by atoms with Crippen molar-refractivity contribution in [1.29, 1.82) is 0 Å². The van der Waals surface area contributed by atoms with E-state index in [4.69, 9.17) is 9.47 Å². The number of rotatable bonds is 6. The van der Waals surface area contributed by atoms with Gasteiger partial charge in [-0.1, -0.05) is 13.0 Å². The Labute approximate surface area is 106 Å². The lowest BCUT2D eigenvalue weighted by atomic mass is 10.1. The summed E-state index contributed by atoms with van der Waals surface area (Å²) in [6.45, 7) is 3.80. The minimum atomic E-state index is -1.03. The van der Waals surface area contributed by atoms with E-state index >= 15 is 0 Å². The molecule has 1 rings (SSSR count). The van der Waals surface area contributed by atoms with E-state index in [1.165, 1.54) is 6.20 Å². The van der Waals surface area contributed by atoms with Crippen LogP contribution < -0.4 is 0 Å². The third-order valence-corrected chi connectivity index (χ3v) is 2.19. The van der Waals surface area contributed by atoms with Gasteiger partial charge in [0, 0.05) is 24.4 Å². The van der Waals surface area contributed by atoms with Gasteiger partial charge in [-0.2, -0.15) is 0 Å². The van der Waals surface area contributed by atoms with Crippen LogP contribution in [0.2, 0.25) is 0 Å². The predicted octanol–water partition coefficient (Wildman–Crippen LogP) is 2.03. The van der Waals surface area contributed by atoms with Gasteiger partial charge in [0.05, 0.1) is 6.61 Å². The summed E-state index contributed by atoms with van der Waals surface area (Å²) in [5, 5.41) is 0. The largest absolute Gasteiger partial charge is 0.463 e. The van der Waals surface area contributed by atoms with Crippen LogP contribution in [0.5, 0.6) is 0 Å². The molecule has 0 radical (unpaired) electrons. The molecule has 0 aliphatic carbocycles. The molecule has 0 N–H and O–H groups in total. The van der Waals surface area contributed by atoms with Crippen molar-refractivity contribution in [3.63, 3.8) is 0 Å². The summed E-state index contributed by atoms with van der Waals surface area (Å²) in [5.41, 5.74) is 0.514. The van der Waals surface area contributed by atoms with E-state index < -0.39 is 18.0 Å². The zero-order valence-corrected chi connectivity index (χ0v) is 10.6. The molecule has 5 nitrogen and oxygen atoms in total. The number of pyridine rings is 1. The average molecular weight is 251 g/mol. The highest BCUT2D eigenvalue weighted by atomic mass is 16.6. The van der Waals surface area contributed by atoms with Crippen LogP contribution in [0.3, 0.4) is 0 Å². The number of hydrogen-bond donors (Lipinski definition) is 0. The van der Waals surface area contributed by atoms with E-state index in [0.717, 1.165) is 0 Å². The van der Waals surface area contributed by atoms with Crippen LogP contribution in [-0.2, 0) is 19.1 Å². The molecule has 0 amide bonds. The molecule has 0 bridgehead atoms. The van der Waals surface area contributed by atoms with Gasteiger partial charge >= 0.3 is 11.9 Å². The zero-order chi connectivity index (χ0) is 13.4. The van der Waals surface area contributed by atoms with E-state index in [0.29, 0.717) is 12.0 Å². The second kappa shape index (κ2) is 7.42. The summed E-state index contributed by atoms with van der Waals surface area (Å²) >= 11 is 0. The highest BCUT2D eigenvalue weighted by Gasteiger charge is 2.26. The van der Waals surface area contributed by atoms with Gasteiger partial charge in [0.2, 0.25) is 6.10 Å². The van der Waals surface area contributed by atoms with Crippen molar-refractivity contribution in [3.05, 3.63) is 30.1 Å². The second-order valence-corrected chi connectivity index (χ2v) is 3.66. The Balaban J connectivity index is 2.82. The minimum absolute atomic E-state index is 0.237. The third-order valence-electron chi connectivity index (χ3n) is 2.19. The smallest absolute Gasteiger partial charge is 0.352 e. The first-order chi connectivity index (χ1) is 8.69. The number of hydrogen-bond acceptors (Lipinski definition) is 5. The summed E-state index contributed by atoms with van der Waals surface area (Å²) in [6.07, 6.45) is 2.98. The molecule has 1 atom stereocenters. The van der Waals surface area contributed by atoms with E-state index in [2.05, 4.69) is 4.98 Å². The summed E-state index contributed by atoms with van der Waals surface area (Å²) in [4.78, 5) is 27.1. The topological polar surface area (TPSA) is 65.5 Å². The molecule has 0 fully saturated rings. The Kier molecular flexibility index (Phi) is 5.84. The van der Waals surface area contributed by atoms with Gasteiger partial charge in [-0.15, -0.1) is 0 Å². The summed E-state index contributed by atoms with van der Waals surface area (Å²) in [6, 6.07) is 3.35. The molecule has 1 heterocycles. The number of aromatic nitrogens is 1. The fourth-order valence-electron chi connectivity index (χ4n) is 1.40. The van der Waals surface area contributed by atoms with E-state index in [9.17, 15) is 9.59 Å². The van der Waals surface area contributed by atoms with Crippen molar-refractivity contribution in [2.45, 2.75) is 32.8 Å². The molecule has 0 spiro atoms. The Hall–Kier alpha value is -1.91. The first kappa shape index (κ1) is 14.2. The highest BCUT2D eigenvalue weighted by molar-refractivity contribution is 5.80. The van der Waals surface area contributed by atoms with Gasteiger partial charge < -0.3 is 9.47 Å². The molecule has 0 aliphatic rings. The lowest BCUT2D eigenvalue weighted by Crippen LogP contribution is -2.22. The van der Waals surface area contributed by atoms with Crippen molar-refractivity contribution >= 4 is 11.9 Å². The molecule has 98 valence electrons. The van der Waals surface area contributed by atoms with Crippen LogP contribution in [0, 0.1) is 0 Å². The fraction of sp³-hybridized carbons (Fsp3) is 0.462. The molecule has 1 aromatic heterocycles. The van der Waals surface area contributed by atoms with Crippen LogP contribution in [0.15, 0.2) is 24.5 Å². The normalized spacial score (nSPS) is 11.7. The maximum Gasteiger partial charge on any atom is 0.352 e. The average Bonchev–Trinajstić information content (AvgIpc) is 2.37. The zero-order valence-electron chi connectivity index (χ0n) is 10.6. The number of carbonyl (C=O) groups excluding carboxylic acids is 2. The lowest BCUT2D eigenvalue weighted by Gasteiger charge is -2.16. The summed E-state index contributed by atoms with van der Waals surface area (Å²) in [7, 11) is 0. The van der Waals surface area contributed by atoms with Crippen molar-refractivity contribution in [1.82, 2.24) is 4.98 Å². The van der Waals surface area contributed by atoms with E-state index in [-0.39, 0.29) is 13.0 Å². The van der Waals surface area contributed by atoms with Crippen LogP contribution in [0.1, 0.15) is 38.4 Å². The van der Waals surface area contributed by atoms with Crippen LogP contribution in [0.4, 0.5) is 0 Å². The first-order valence-corrected chi connectivity index (χ1v) is 5.95. The number of esters is 2. The molecule has 1 unspecified atom stereocenters. The Bertz CT molecular complexity index is 391. The van der Waals surface area contributed by atoms with Crippen molar-refractivity contribution in [3.8, 4) is 0 Å². The Morgan fingerprint density at radius 1 is 1.39 bits per heavy atom. The van der Waals surface area contributed by atoms with Gasteiger partial charge in [0.25, 0.3) is 0 Å². The molecular formula is C13H17NO4. The number of ether oxygens (including phenoxy) is 2. The highest BCUT2D eigenvalue weighted by Crippen LogP contribution is 2.19. The monoisotopic (exact) mass is 251 g/mol. The quantitative estimate of drug-likeness (QED) is 0.724. The molecule has 18 heavy (non-hydrogen) atoms. The van der Waals surface area contributed by atoms with E-state index in [1.807, 2.05) is 6.92 Å². The maximum absolute atomic E-state index is 11.8. The van der Waals surface area contributed by atoms with Gasteiger partial charge in [0.1, 0.15) is 0 Å². The fourth-order valence-corrected chi connectivity index (χ4v) is 1.40. The Morgan fingerprint density at radius 2 is 2.17 bits per heavy atom. The van der Waals surface area contributed by atoms with Crippen LogP contribution in [-0.4, -0.2) is 23.5 Å². The maximum atomic E-state index is 11.8. The van der Waals surface area contributed by atoms with E-state index in [1.54, 1.807) is 25.3 Å². The number of nitrogens with zero attached hydrogens (tertiary/aromatic N) is 1. The van der Waals surface area contributed by atoms with Crippen molar-refractivity contribution in [2.24, 2.45) is 0 Å². The third kappa shape index (κ3) is 4.16. The first-order valence-electron chi connectivity index (χ1n) is 5.95. The van der Waals surface area contributed by atoms with Crippen LogP contribution >= 0.6 is 0 Å². The summed E-state index contributed by atoms with van der Waals surface area (Å²) < 4.78 is 10.0. The van der Waals surface area contributed by atoms with Gasteiger partial charge in [-0.05, 0) is 19.4 Å². The van der Waals surface area contributed by atoms with Gasteiger partial charge in [-0.3, -0.25) is 9.78 Å². The summed E-state index contributed by atoms with van der Waals surface area (Å²) in [5.74, 6) is -0.991. The number of carbonyl (C=O) groups is 2. The molecule has 5 heteroatoms. The van der Waals surface area contributed by atoms with Crippen molar-refractivity contribution in [2.75, 3.05) is 6.61 Å². The predicted molar refractivity (Wildman–Crippen MR) is 64.6 cm³/mol. The molecular weight excluding hydrogens is 234 g/mol. The molecule has 0 aromatic carbocycles. The lowest BCUT2D eigenvalue weighted by molar-refractivity contribution is -0.168. The second-order valence-electron chi connectivity index (χ2n) is 3.66. The molecule has 0 aliphatic heterocycles. The van der Waals surface area contributed by atoms with Crippen LogP contribution in [0.25, 0.3) is 0 Å². The Morgan fingerprint density at radius 3 is 2.72 bits per heavy atom. The molecule has 1 aromatic rings. The SMILES string of the molecule is CCCC(=O)OC(C(=O)OCC)c1cccnc1. The van der Waals surface area contributed by atoms with Crippen molar-refractivity contribution < 1.29 is 19.1 Å². The molecule has 0 saturated carbocycles. The standard InChI is InChI=1S/C13H17NO4/c1-3-6-11(15)18-12(13(16)17-4-2)10-7-5-8-14-9-10/h5,7-9,12H,3-4,6H2,1-2H3.